The van der Waals surface area contributed by atoms with Crippen molar-refractivity contribution in [3.8, 4) is 0 Å². The van der Waals surface area contributed by atoms with Gasteiger partial charge in [-0.25, -0.2) is 0 Å². The first-order valence-electron chi connectivity index (χ1n) is 5.78. The van der Waals surface area contributed by atoms with E-state index in [9.17, 15) is 0 Å². The lowest BCUT2D eigenvalue weighted by Crippen LogP contribution is -2.07. The molecule has 4 nitrogen and oxygen atoms in total. The molecule has 1 rings (SSSR count). The average molecular weight is 218 g/mol. The second kappa shape index (κ2) is 9.09. The smallest absolute Gasteiger partial charge is 0.104 e. The van der Waals surface area contributed by atoms with Gasteiger partial charge in [0, 0.05) is 33.0 Å². The van der Waals surface area contributed by atoms with E-state index in [1.165, 1.54) is 0 Å². The van der Waals surface area contributed by atoms with Crippen LogP contribution in [0.25, 0.3) is 0 Å². The number of rotatable bonds is 11. The van der Waals surface area contributed by atoms with E-state index in [1.807, 2.05) is 6.92 Å². The van der Waals surface area contributed by atoms with Crippen LogP contribution in [0.4, 0.5) is 0 Å². The minimum atomic E-state index is 0.372. The van der Waals surface area contributed by atoms with Crippen LogP contribution in [-0.4, -0.2) is 52.4 Å². The zero-order valence-electron chi connectivity index (χ0n) is 9.57. The Morgan fingerprint density at radius 3 is 2.20 bits per heavy atom. The van der Waals surface area contributed by atoms with Crippen molar-refractivity contribution >= 4 is 0 Å². The highest BCUT2D eigenvalue weighted by Gasteiger charge is 2.21. The first-order valence-corrected chi connectivity index (χ1v) is 5.78. The molecular formula is C11H22O4. The van der Waals surface area contributed by atoms with Gasteiger partial charge < -0.3 is 18.9 Å². The van der Waals surface area contributed by atoms with Crippen molar-refractivity contribution in [2.45, 2.75) is 25.9 Å². The maximum atomic E-state index is 5.41. The molecule has 1 heterocycles. The van der Waals surface area contributed by atoms with Gasteiger partial charge in [-0.1, -0.05) is 0 Å². The zero-order valence-corrected chi connectivity index (χ0v) is 9.57. The Labute approximate surface area is 91.8 Å². The monoisotopic (exact) mass is 218 g/mol. The highest BCUT2D eigenvalue weighted by molar-refractivity contribution is 4.66. The fraction of sp³-hybridized carbons (Fsp3) is 1.00. The van der Waals surface area contributed by atoms with E-state index >= 15 is 0 Å². The molecule has 0 amide bonds. The minimum Gasteiger partial charge on any atom is -0.382 e. The van der Waals surface area contributed by atoms with Gasteiger partial charge in [0.15, 0.2) is 0 Å². The molecule has 0 N–H and O–H groups in total. The SMILES string of the molecule is CCOCCCOCCCOCC1CO1. The third kappa shape index (κ3) is 8.81. The Kier molecular flexibility index (Phi) is 7.83. The maximum Gasteiger partial charge on any atom is 0.104 e. The van der Waals surface area contributed by atoms with Crippen LogP contribution in [0, 0.1) is 0 Å². The van der Waals surface area contributed by atoms with E-state index in [-0.39, 0.29) is 0 Å². The standard InChI is InChI=1S/C11H22O4/c1-2-12-5-3-6-13-7-4-8-14-9-11-10-15-11/h11H,2-10H2,1H3. The molecule has 0 saturated carbocycles. The normalized spacial score (nSPS) is 19.4. The van der Waals surface area contributed by atoms with Crippen LogP contribution >= 0.6 is 0 Å². The van der Waals surface area contributed by atoms with Gasteiger partial charge in [0.1, 0.15) is 6.10 Å². The summed E-state index contributed by atoms with van der Waals surface area (Å²) in [6, 6.07) is 0. The topological polar surface area (TPSA) is 40.2 Å². The number of hydrogen-bond donors (Lipinski definition) is 0. The van der Waals surface area contributed by atoms with Gasteiger partial charge in [0.05, 0.1) is 13.2 Å². The van der Waals surface area contributed by atoms with Crippen LogP contribution in [0.1, 0.15) is 19.8 Å². The minimum absolute atomic E-state index is 0.372. The van der Waals surface area contributed by atoms with Crippen molar-refractivity contribution in [2.75, 3.05) is 46.2 Å². The molecule has 0 aromatic heterocycles. The summed E-state index contributed by atoms with van der Waals surface area (Å²) in [5.41, 5.74) is 0. The zero-order chi connectivity index (χ0) is 10.8. The van der Waals surface area contributed by atoms with E-state index in [1.54, 1.807) is 0 Å². The van der Waals surface area contributed by atoms with Gasteiger partial charge in [-0.3, -0.25) is 0 Å². The third-order valence-electron chi connectivity index (χ3n) is 2.06. The van der Waals surface area contributed by atoms with Crippen LogP contribution in [-0.2, 0) is 18.9 Å². The summed E-state index contributed by atoms with van der Waals surface area (Å²) in [4.78, 5) is 0. The highest BCUT2D eigenvalue weighted by atomic mass is 16.6. The van der Waals surface area contributed by atoms with Crippen LogP contribution in [0.3, 0.4) is 0 Å². The van der Waals surface area contributed by atoms with Gasteiger partial charge in [-0.05, 0) is 19.8 Å². The van der Waals surface area contributed by atoms with Crippen LogP contribution in [0.5, 0.6) is 0 Å². The second-order valence-corrected chi connectivity index (χ2v) is 3.55. The van der Waals surface area contributed by atoms with Crippen LogP contribution < -0.4 is 0 Å². The van der Waals surface area contributed by atoms with Crippen molar-refractivity contribution in [2.24, 2.45) is 0 Å². The Hall–Kier alpha value is -0.160. The highest BCUT2D eigenvalue weighted by Crippen LogP contribution is 2.08. The summed E-state index contributed by atoms with van der Waals surface area (Å²) < 4.78 is 21.0. The largest absolute Gasteiger partial charge is 0.382 e. The molecule has 90 valence electrons. The lowest BCUT2D eigenvalue weighted by molar-refractivity contribution is 0.0619. The van der Waals surface area contributed by atoms with Crippen molar-refractivity contribution in [3.05, 3.63) is 0 Å². The fourth-order valence-electron chi connectivity index (χ4n) is 1.15. The lowest BCUT2D eigenvalue weighted by Gasteiger charge is -2.04. The molecule has 0 aromatic carbocycles. The quantitative estimate of drug-likeness (QED) is 0.386. The Bertz CT molecular complexity index is 137. The molecule has 15 heavy (non-hydrogen) atoms. The predicted octanol–water partition coefficient (Wildman–Crippen LogP) is 1.24. The van der Waals surface area contributed by atoms with E-state index in [4.69, 9.17) is 18.9 Å². The Morgan fingerprint density at radius 2 is 1.60 bits per heavy atom. The summed E-state index contributed by atoms with van der Waals surface area (Å²) in [6.07, 6.45) is 2.31. The van der Waals surface area contributed by atoms with Gasteiger partial charge in [-0.2, -0.15) is 0 Å². The summed E-state index contributed by atoms with van der Waals surface area (Å²) in [6.45, 7) is 7.53. The van der Waals surface area contributed by atoms with Crippen LogP contribution in [0.15, 0.2) is 0 Å². The number of ether oxygens (including phenoxy) is 4. The Morgan fingerprint density at radius 1 is 1.00 bits per heavy atom. The van der Waals surface area contributed by atoms with E-state index < -0.39 is 0 Å². The first kappa shape index (κ1) is 12.9. The maximum absolute atomic E-state index is 5.41. The summed E-state index contributed by atoms with van der Waals surface area (Å²) in [5, 5.41) is 0. The van der Waals surface area contributed by atoms with Gasteiger partial charge >= 0.3 is 0 Å². The Balaban J connectivity index is 1.62. The summed E-state index contributed by atoms with van der Waals surface area (Å²) >= 11 is 0. The molecule has 0 bridgehead atoms. The van der Waals surface area contributed by atoms with E-state index in [2.05, 4.69) is 0 Å². The molecule has 1 atom stereocenters. The molecular weight excluding hydrogens is 196 g/mol. The molecule has 0 spiro atoms. The number of epoxide rings is 1. The van der Waals surface area contributed by atoms with Gasteiger partial charge in [0.25, 0.3) is 0 Å². The average Bonchev–Trinajstić information content (AvgIpc) is 3.05. The van der Waals surface area contributed by atoms with Gasteiger partial charge in [0.2, 0.25) is 0 Å². The number of hydrogen-bond acceptors (Lipinski definition) is 4. The van der Waals surface area contributed by atoms with Crippen LogP contribution in [0.2, 0.25) is 0 Å². The van der Waals surface area contributed by atoms with E-state index in [0.717, 1.165) is 59.1 Å². The van der Waals surface area contributed by atoms with E-state index in [0.29, 0.717) is 6.10 Å². The first-order chi connectivity index (χ1) is 7.43. The summed E-state index contributed by atoms with van der Waals surface area (Å²) in [5.74, 6) is 0. The van der Waals surface area contributed by atoms with Crippen molar-refractivity contribution in [1.82, 2.24) is 0 Å². The predicted molar refractivity (Wildman–Crippen MR) is 57.1 cm³/mol. The van der Waals surface area contributed by atoms with Gasteiger partial charge in [-0.15, -0.1) is 0 Å². The van der Waals surface area contributed by atoms with Crippen molar-refractivity contribution in [1.29, 1.82) is 0 Å². The molecule has 1 fully saturated rings. The molecule has 0 aromatic rings. The summed E-state index contributed by atoms with van der Waals surface area (Å²) in [7, 11) is 0. The molecule has 0 radical (unpaired) electrons. The lowest BCUT2D eigenvalue weighted by atomic mass is 10.4. The molecule has 0 aliphatic carbocycles. The molecule has 1 aliphatic heterocycles. The second-order valence-electron chi connectivity index (χ2n) is 3.55. The molecule has 4 heteroatoms. The van der Waals surface area contributed by atoms with Crippen molar-refractivity contribution < 1.29 is 18.9 Å². The molecule has 1 saturated heterocycles. The van der Waals surface area contributed by atoms with Crippen molar-refractivity contribution in [3.63, 3.8) is 0 Å². The molecule has 1 unspecified atom stereocenters. The fourth-order valence-corrected chi connectivity index (χ4v) is 1.15. The third-order valence-corrected chi connectivity index (χ3v) is 2.06. The molecule has 1 aliphatic rings.